The number of aliphatic hydroxyl groups excluding tert-OH is 1. The molecular formula is C16H20N2O7. The Kier molecular flexibility index (Phi) is 5.79. The Morgan fingerprint density at radius 2 is 1.72 bits per heavy atom. The zero-order valence-corrected chi connectivity index (χ0v) is 14.1. The number of rotatable bonds is 6. The first-order chi connectivity index (χ1) is 11.9. The molecule has 1 saturated heterocycles. The van der Waals surface area contributed by atoms with Gasteiger partial charge < -0.3 is 19.5 Å². The summed E-state index contributed by atoms with van der Waals surface area (Å²) in [6.45, 7) is 3.20. The van der Waals surface area contributed by atoms with Gasteiger partial charge in [-0.2, -0.15) is 0 Å². The molecule has 1 fully saturated rings. The highest BCUT2D eigenvalue weighted by Crippen LogP contribution is 2.29. The van der Waals surface area contributed by atoms with Crippen LogP contribution in [0, 0.1) is 0 Å². The van der Waals surface area contributed by atoms with Gasteiger partial charge in [0.05, 0.1) is 31.4 Å². The van der Waals surface area contributed by atoms with Crippen LogP contribution in [0.15, 0.2) is 23.1 Å². The Morgan fingerprint density at radius 3 is 2.32 bits per heavy atom. The molecule has 0 aromatic rings. The number of carbonyl (C=O) groups is 4. The first-order valence-electron chi connectivity index (χ1n) is 7.90. The molecule has 0 bridgehead atoms. The summed E-state index contributed by atoms with van der Waals surface area (Å²) in [6, 6.07) is 0. The van der Waals surface area contributed by atoms with E-state index < -0.39 is 17.8 Å². The zero-order valence-electron chi connectivity index (χ0n) is 14.1. The SMILES string of the molecule is CCOC(=O)CN1C=C(O)/C(=C2/CC(=O)N(CC(=O)OCC)C2)C1=O. The van der Waals surface area contributed by atoms with E-state index in [2.05, 4.69) is 0 Å². The van der Waals surface area contributed by atoms with Crippen LogP contribution in [0.1, 0.15) is 20.3 Å². The minimum absolute atomic E-state index is 0.0102. The molecule has 2 amide bonds. The topological polar surface area (TPSA) is 113 Å². The van der Waals surface area contributed by atoms with E-state index in [0.29, 0.717) is 5.57 Å². The first-order valence-corrected chi connectivity index (χ1v) is 7.90. The van der Waals surface area contributed by atoms with Crippen LogP contribution in [-0.4, -0.2) is 71.5 Å². The van der Waals surface area contributed by atoms with Crippen LogP contribution in [0.25, 0.3) is 0 Å². The van der Waals surface area contributed by atoms with E-state index in [4.69, 9.17) is 9.47 Å². The lowest BCUT2D eigenvalue weighted by Crippen LogP contribution is -2.32. The van der Waals surface area contributed by atoms with Crippen molar-refractivity contribution in [2.75, 3.05) is 32.8 Å². The number of aliphatic hydroxyl groups is 1. The third-order valence-electron chi connectivity index (χ3n) is 3.69. The summed E-state index contributed by atoms with van der Waals surface area (Å²) in [7, 11) is 0. The minimum atomic E-state index is -0.599. The monoisotopic (exact) mass is 352 g/mol. The van der Waals surface area contributed by atoms with Crippen LogP contribution in [0.5, 0.6) is 0 Å². The Balaban J connectivity index is 2.11. The minimum Gasteiger partial charge on any atom is -0.506 e. The van der Waals surface area contributed by atoms with Crippen molar-refractivity contribution in [3.63, 3.8) is 0 Å². The van der Waals surface area contributed by atoms with Gasteiger partial charge in [-0.05, 0) is 19.4 Å². The lowest BCUT2D eigenvalue weighted by Gasteiger charge is -2.14. The quantitative estimate of drug-likeness (QED) is 0.524. The summed E-state index contributed by atoms with van der Waals surface area (Å²) < 4.78 is 9.58. The zero-order chi connectivity index (χ0) is 18.6. The highest BCUT2D eigenvalue weighted by molar-refractivity contribution is 6.04. The second-order valence-electron chi connectivity index (χ2n) is 5.46. The van der Waals surface area contributed by atoms with Gasteiger partial charge in [-0.15, -0.1) is 0 Å². The molecule has 2 aliphatic heterocycles. The van der Waals surface area contributed by atoms with Crippen molar-refractivity contribution in [2.24, 2.45) is 0 Å². The van der Waals surface area contributed by atoms with Gasteiger partial charge >= 0.3 is 11.9 Å². The average Bonchev–Trinajstić information content (AvgIpc) is 3.00. The summed E-state index contributed by atoms with van der Waals surface area (Å²) >= 11 is 0. The van der Waals surface area contributed by atoms with Crippen molar-refractivity contribution in [3.05, 3.63) is 23.1 Å². The number of esters is 2. The molecule has 0 saturated carbocycles. The third kappa shape index (κ3) is 4.17. The maximum atomic E-state index is 12.4. The van der Waals surface area contributed by atoms with Crippen LogP contribution in [0.4, 0.5) is 0 Å². The van der Waals surface area contributed by atoms with E-state index in [-0.39, 0.29) is 56.5 Å². The van der Waals surface area contributed by atoms with Gasteiger partial charge in [-0.3, -0.25) is 24.1 Å². The van der Waals surface area contributed by atoms with Crippen LogP contribution in [0.3, 0.4) is 0 Å². The van der Waals surface area contributed by atoms with Gasteiger partial charge in [-0.25, -0.2) is 0 Å². The molecule has 0 unspecified atom stereocenters. The van der Waals surface area contributed by atoms with Gasteiger partial charge in [-0.1, -0.05) is 0 Å². The van der Waals surface area contributed by atoms with Gasteiger partial charge in [0, 0.05) is 6.54 Å². The number of hydrogen-bond donors (Lipinski definition) is 1. The average molecular weight is 352 g/mol. The molecule has 2 aliphatic rings. The molecule has 0 radical (unpaired) electrons. The molecule has 2 heterocycles. The van der Waals surface area contributed by atoms with Gasteiger partial charge in [0.2, 0.25) is 5.91 Å². The van der Waals surface area contributed by atoms with Crippen LogP contribution in [0.2, 0.25) is 0 Å². The fraction of sp³-hybridized carbons (Fsp3) is 0.500. The molecule has 136 valence electrons. The molecular weight excluding hydrogens is 332 g/mol. The van der Waals surface area contributed by atoms with Crippen molar-refractivity contribution in [1.82, 2.24) is 9.80 Å². The number of amides is 2. The number of ether oxygens (including phenoxy) is 2. The second-order valence-corrected chi connectivity index (χ2v) is 5.46. The fourth-order valence-electron chi connectivity index (χ4n) is 2.66. The Labute approximate surface area is 144 Å². The molecule has 0 aromatic heterocycles. The molecule has 0 spiro atoms. The lowest BCUT2D eigenvalue weighted by atomic mass is 10.1. The van der Waals surface area contributed by atoms with E-state index in [1.807, 2.05) is 0 Å². The van der Waals surface area contributed by atoms with Gasteiger partial charge in [0.25, 0.3) is 5.91 Å². The van der Waals surface area contributed by atoms with Crippen LogP contribution in [-0.2, 0) is 28.7 Å². The molecule has 0 atom stereocenters. The molecule has 1 N–H and O–H groups in total. The first kappa shape index (κ1) is 18.5. The summed E-state index contributed by atoms with van der Waals surface area (Å²) in [5, 5.41) is 10.0. The van der Waals surface area contributed by atoms with Gasteiger partial charge in [0.15, 0.2) is 0 Å². The largest absolute Gasteiger partial charge is 0.506 e. The lowest BCUT2D eigenvalue weighted by molar-refractivity contribution is -0.147. The van der Waals surface area contributed by atoms with Crippen molar-refractivity contribution in [1.29, 1.82) is 0 Å². The van der Waals surface area contributed by atoms with Crippen molar-refractivity contribution in [3.8, 4) is 0 Å². The predicted molar refractivity (Wildman–Crippen MR) is 83.9 cm³/mol. The maximum Gasteiger partial charge on any atom is 0.326 e. The van der Waals surface area contributed by atoms with E-state index in [9.17, 15) is 24.3 Å². The number of hydrogen-bond acceptors (Lipinski definition) is 7. The van der Waals surface area contributed by atoms with Crippen LogP contribution < -0.4 is 0 Å². The molecule has 9 nitrogen and oxygen atoms in total. The molecule has 0 aromatic carbocycles. The van der Waals surface area contributed by atoms with Crippen LogP contribution >= 0.6 is 0 Å². The maximum absolute atomic E-state index is 12.4. The van der Waals surface area contributed by atoms with E-state index in [0.717, 1.165) is 11.1 Å². The number of likely N-dealkylation sites (tertiary alicyclic amines) is 1. The van der Waals surface area contributed by atoms with Gasteiger partial charge in [0.1, 0.15) is 18.8 Å². The molecule has 25 heavy (non-hydrogen) atoms. The Bertz CT molecular complexity index is 665. The van der Waals surface area contributed by atoms with Crippen molar-refractivity contribution >= 4 is 23.8 Å². The van der Waals surface area contributed by atoms with E-state index >= 15 is 0 Å². The molecule has 2 rings (SSSR count). The number of carbonyl (C=O) groups excluding carboxylic acids is 4. The third-order valence-corrected chi connectivity index (χ3v) is 3.69. The second kappa shape index (κ2) is 7.82. The number of nitrogens with zero attached hydrogens (tertiary/aromatic N) is 2. The fourth-order valence-corrected chi connectivity index (χ4v) is 2.66. The smallest absolute Gasteiger partial charge is 0.326 e. The molecule has 0 aliphatic carbocycles. The standard InChI is InChI=1S/C16H20N2O7/c1-3-24-13(21)8-17-6-10(5-12(17)20)15-11(19)7-18(16(15)23)9-14(22)25-4-2/h7,19H,3-6,8-9H2,1-2H3/b15-10+. The highest BCUT2D eigenvalue weighted by Gasteiger charge is 2.37. The predicted octanol–water partition coefficient (Wildman–Crippen LogP) is -0.117. The van der Waals surface area contributed by atoms with Crippen molar-refractivity contribution < 1.29 is 33.8 Å². The summed E-state index contributed by atoms with van der Waals surface area (Å²) in [5.74, 6) is -2.36. The Morgan fingerprint density at radius 1 is 1.12 bits per heavy atom. The summed E-state index contributed by atoms with van der Waals surface area (Å²) in [6.07, 6.45) is 1.06. The Hall–Kier alpha value is -2.84. The molecule has 9 heteroatoms. The highest BCUT2D eigenvalue weighted by atomic mass is 16.5. The summed E-state index contributed by atoms with van der Waals surface area (Å²) in [5.41, 5.74) is 0.392. The van der Waals surface area contributed by atoms with Crippen molar-refractivity contribution in [2.45, 2.75) is 20.3 Å². The summed E-state index contributed by atoms with van der Waals surface area (Å²) in [4.78, 5) is 49.8. The van der Waals surface area contributed by atoms with E-state index in [1.54, 1.807) is 13.8 Å². The normalized spacial score (nSPS) is 20.2. The van der Waals surface area contributed by atoms with E-state index in [1.165, 1.54) is 4.90 Å².